The maximum atomic E-state index is 12.1. The van der Waals surface area contributed by atoms with Gasteiger partial charge in [0.15, 0.2) is 0 Å². The topological polar surface area (TPSA) is 60.1 Å². The molecule has 0 unspecified atom stereocenters. The quantitative estimate of drug-likeness (QED) is 0.889. The molecule has 21 heavy (non-hydrogen) atoms. The molecule has 5 nitrogen and oxygen atoms in total. The molecule has 1 amide bonds. The Bertz CT molecular complexity index is 597. The Morgan fingerprint density at radius 3 is 2.81 bits per heavy atom. The molecule has 2 heterocycles. The van der Waals surface area contributed by atoms with Crippen molar-refractivity contribution in [2.75, 3.05) is 0 Å². The lowest BCUT2D eigenvalue weighted by Gasteiger charge is -2.08. The van der Waals surface area contributed by atoms with E-state index < -0.39 is 0 Å². The van der Waals surface area contributed by atoms with E-state index in [2.05, 4.69) is 24.3 Å². The van der Waals surface area contributed by atoms with Gasteiger partial charge in [-0.05, 0) is 25.8 Å². The highest BCUT2D eigenvalue weighted by atomic mass is 16.3. The number of carbonyl (C=O) groups is 1. The normalized spacial score (nSPS) is 11.1. The van der Waals surface area contributed by atoms with Crippen molar-refractivity contribution in [3.63, 3.8) is 0 Å². The van der Waals surface area contributed by atoms with Gasteiger partial charge in [-0.25, -0.2) is 0 Å². The molecule has 2 aromatic heterocycles. The minimum absolute atomic E-state index is 0.00602. The molecular formula is C16H23N3O2. The molecule has 1 N–H and O–H groups in total. The molecule has 0 saturated heterocycles. The van der Waals surface area contributed by atoms with Crippen LogP contribution in [-0.2, 0) is 24.3 Å². The number of aryl methyl sites for hydroxylation is 1. The second-order valence-electron chi connectivity index (χ2n) is 5.81. The molecule has 2 aromatic rings. The van der Waals surface area contributed by atoms with Gasteiger partial charge in [-0.2, -0.15) is 5.10 Å². The Morgan fingerprint density at radius 1 is 1.43 bits per heavy atom. The summed E-state index contributed by atoms with van der Waals surface area (Å²) in [4.78, 5) is 12.1. The van der Waals surface area contributed by atoms with Crippen LogP contribution in [0.25, 0.3) is 0 Å². The van der Waals surface area contributed by atoms with Crippen LogP contribution in [0.4, 0.5) is 0 Å². The highest BCUT2D eigenvalue weighted by Gasteiger charge is 2.15. The highest BCUT2D eigenvalue weighted by molar-refractivity contribution is 5.79. The number of furan rings is 1. The first-order valence-electron chi connectivity index (χ1n) is 7.28. The van der Waals surface area contributed by atoms with Crippen LogP contribution >= 0.6 is 0 Å². The van der Waals surface area contributed by atoms with Crippen molar-refractivity contribution < 1.29 is 9.21 Å². The van der Waals surface area contributed by atoms with Crippen molar-refractivity contribution >= 4 is 5.91 Å². The lowest BCUT2D eigenvalue weighted by molar-refractivity contribution is -0.120. The molecule has 0 aliphatic carbocycles. The summed E-state index contributed by atoms with van der Waals surface area (Å²) in [5.41, 5.74) is 4.01. The van der Waals surface area contributed by atoms with Crippen molar-refractivity contribution in [1.82, 2.24) is 15.1 Å². The Hall–Kier alpha value is -2.04. The second-order valence-corrected chi connectivity index (χ2v) is 5.81. The molecule has 2 rings (SSSR count). The number of carbonyl (C=O) groups excluding carboxylic acids is 1. The Balaban J connectivity index is 1.98. The molecule has 0 aliphatic heterocycles. The third-order valence-electron chi connectivity index (χ3n) is 3.48. The predicted octanol–water partition coefficient (Wildman–Crippen LogP) is 2.61. The molecule has 0 saturated carbocycles. The zero-order valence-electron chi connectivity index (χ0n) is 13.1. The van der Waals surface area contributed by atoms with E-state index in [0.717, 1.165) is 29.1 Å². The summed E-state index contributed by atoms with van der Waals surface area (Å²) < 4.78 is 6.98. The van der Waals surface area contributed by atoms with Crippen LogP contribution in [0.1, 0.15) is 36.4 Å². The van der Waals surface area contributed by atoms with E-state index in [4.69, 9.17) is 4.42 Å². The molecule has 0 atom stereocenters. The molecule has 0 aliphatic rings. The van der Waals surface area contributed by atoms with Gasteiger partial charge in [-0.1, -0.05) is 13.8 Å². The smallest absolute Gasteiger partial charge is 0.224 e. The van der Waals surface area contributed by atoms with Crippen LogP contribution in [0.2, 0.25) is 0 Å². The van der Waals surface area contributed by atoms with E-state index in [1.54, 1.807) is 12.5 Å². The monoisotopic (exact) mass is 289 g/mol. The van der Waals surface area contributed by atoms with Crippen LogP contribution in [0.5, 0.6) is 0 Å². The Kier molecular flexibility index (Phi) is 4.83. The zero-order chi connectivity index (χ0) is 15.4. The molecule has 0 spiro atoms. The summed E-state index contributed by atoms with van der Waals surface area (Å²) >= 11 is 0. The first kappa shape index (κ1) is 15.4. The Morgan fingerprint density at radius 2 is 2.19 bits per heavy atom. The molecule has 0 fully saturated rings. The Labute approximate surface area is 125 Å². The van der Waals surface area contributed by atoms with E-state index >= 15 is 0 Å². The summed E-state index contributed by atoms with van der Waals surface area (Å²) in [5.74, 6) is 0.539. The fraction of sp³-hybridized carbons (Fsp3) is 0.500. The summed E-state index contributed by atoms with van der Waals surface area (Å²) in [6.45, 7) is 9.68. The van der Waals surface area contributed by atoms with Crippen molar-refractivity contribution in [3.8, 4) is 0 Å². The number of aromatic nitrogens is 2. The summed E-state index contributed by atoms with van der Waals surface area (Å²) in [6.07, 6.45) is 3.61. The number of hydrogen-bond acceptors (Lipinski definition) is 3. The molecule has 0 bridgehead atoms. The lowest BCUT2D eigenvalue weighted by atomic mass is 10.1. The van der Waals surface area contributed by atoms with Gasteiger partial charge in [0.1, 0.15) is 0 Å². The number of amides is 1. The van der Waals surface area contributed by atoms with Gasteiger partial charge >= 0.3 is 0 Å². The SMILES string of the molecule is Cc1nn(CC(C)C)c(C)c1CC(=O)NCc1ccoc1. The maximum absolute atomic E-state index is 12.1. The van der Waals surface area contributed by atoms with E-state index in [1.807, 2.05) is 24.6 Å². The summed E-state index contributed by atoms with van der Waals surface area (Å²) in [6, 6.07) is 1.84. The van der Waals surface area contributed by atoms with Gasteiger partial charge in [0, 0.05) is 29.9 Å². The highest BCUT2D eigenvalue weighted by Crippen LogP contribution is 2.15. The predicted molar refractivity (Wildman–Crippen MR) is 80.8 cm³/mol. The minimum Gasteiger partial charge on any atom is -0.472 e. The summed E-state index contributed by atoms with van der Waals surface area (Å²) in [5, 5.41) is 7.44. The second kappa shape index (κ2) is 6.61. The van der Waals surface area contributed by atoms with E-state index in [9.17, 15) is 4.79 Å². The maximum Gasteiger partial charge on any atom is 0.224 e. The average Bonchev–Trinajstić information content (AvgIpc) is 3.00. The number of hydrogen-bond donors (Lipinski definition) is 1. The van der Waals surface area contributed by atoms with Crippen molar-refractivity contribution in [3.05, 3.63) is 41.1 Å². The van der Waals surface area contributed by atoms with Gasteiger partial charge in [0.05, 0.1) is 24.6 Å². The standard InChI is InChI=1S/C16H23N3O2/c1-11(2)9-19-13(4)15(12(3)18-19)7-16(20)17-8-14-5-6-21-10-14/h5-6,10-11H,7-9H2,1-4H3,(H,17,20). The fourth-order valence-electron chi connectivity index (χ4n) is 2.33. The van der Waals surface area contributed by atoms with Gasteiger partial charge in [0.25, 0.3) is 0 Å². The van der Waals surface area contributed by atoms with Crippen molar-refractivity contribution in [2.45, 2.75) is 47.2 Å². The van der Waals surface area contributed by atoms with Gasteiger partial charge in [-0.3, -0.25) is 9.48 Å². The molecule has 0 radical (unpaired) electrons. The van der Waals surface area contributed by atoms with Crippen LogP contribution in [0, 0.1) is 19.8 Å². The van der Waals surface area contributed by atoms with Crippen LogP contribution < -0.4 is 5.32 Å². The number of nitrogens with zero attached hydrogens (tertiary/aromatic N) is 2. The van der Waals surface area contributed by atoms with Crippen LogP contribution in [-0.4, -0.2) is 15.7 Å². The first-order chi connectivity index (χ1) is 9.97. The molecular weight excluding hydrogens is 266 g/mol. The number of rotatable bonds is 6. The molecule has 5 heteroatoms. The van der Waals surface area contributed by atoms with E-state index in [1.165, 1.54) is 0 Å². The zero-order valence-corrected chi connectivity index (χ0v) is 13.1. The fourth-order valence-corrected chi connectivity index (χ4v) is 2.33. The average molecular weight is 289 g/mol. The molecule has 114 valence electrons. The van der Waals surface area contributed by atoms with Crippen molar-refractivity contribution in [2.24, 2.45) is 5.92 Å². The van der Waals surface area contributed by atoms with Crippen LogP contribution in [0.15, 0.2) is 23.0 Å². The molecule has 0 aromatic carbocycles. The minimum atomic E-state index is 0.00602. The largest absolute Gasteiger partial charge is 0.472 e. The third-order valence-corrected chi connectivity index (χ3v) is 3.48. The third kappa shape index (κ3) is 3.97. The van der Waals surface area contributed by atoms with E-state index in [-0.39, 0.29) is 5.91 Å². The summed E-state index contributed by atoms with van der Waals surface area (Å²) in [7, 11) is 0. The van der Waals surface area contributed by atoms with Gasteiger partial charge < -0.3 is 9.73 Å². The van der Waals surface area contributed by atoms with E-state index in [0.29, 0.717) is 18.9 Å². The lowest BCUT2D eigenvalue weighted by Crippen LogP contribution is -2.24. The van der Waals surface area contributed by atoms with Crippen molar-refractivity contribution in [1.29, 1.82) is 0 Å². The van der Waals surface area contributed by atoms with Gasteiger partial charge in [0.2, 0.25) is 5.91 Å². The van der Waals surface area contributed by atoms with Gasteiger partial charge in [-0.15, -0.1) is 0 Å². The van der Waals surface area contributed by atoms with Crippen LogP contribution in [0.3, 0.4) is 0 Å². The first-order valence-corrected chi connectivity index (χ1v) is 7.28. The number of nitrogens with one attached hydrogen (secondary N) is 1.